The van der Waals surface area contributed by atoms with E-state index >= 15 is 0 Å². The lowest BCUT2D eigenvalue weighted by molar-refractivity contribution is -0.121. The van der Waals surface area contributed by atoms with E-state index in [0.29, 0.717) is 5.02 Å². The first-order chi connectivity index (χ1) is 9.16. The van der Waals surface area contributed by atoms with Crippen LogP contribution < -0.4 is 5.32 Å². The monoisotopic (exact) mass is 314 g/mol. The van der Waals surface area contributed by atoms with Crippen LogP contribution in [0.4, 0.5) is 0 Å². The summed E-state index contributed by atoms with van der Waals surface area (Å²) in [6, 6.07) is 7.79. The summed E-state index contributed by atoms with van der Waals surface area (Å²) in [5, 5.41) is 11.6. The number of nitrogens with one attached hydrogen (secondary N) is 1. The van der Waals surface area contributed by atoms with Crippen LogP contribution in [0, 0.1) is 11.3 Å². The van der Waals surface area contributed by atoms with Gasteiger partial charge in [-0.2, -0.15) is 5.26 Å². The largest absolute Gasteiger partial charge is 0.338 e. The number of carbonyl (C=O) groups is 1. The molecule has 20 heavy (non-hydrogen) atoms. The molecule has 5 nitrogen and oxygen atoms in total. The number of benzene rings is 1. The molecule has 0 saturated carbocycles. The van der Waals surface area contributed by atoms with Crippen molar-refractivity contribution in [3.63, 3.8) is 0 Å². The summed E-state index contributed by atoms with van der Waals surface area (Å²) < 4.78 is 24.0. The van der Waals surface area contributed by atoms with Crippen molar-refractivity contribution in [3.05, 3.63) is 29.3 Å². The Morgan fingerprint density at radius 2 is 2.10 bits per heavy atom. The van der Waals surface area contributed by atoms with Gasteiger partial charge in [0.05, 0.1) is 16.7 Å². The Bertz CT molecular complexity index is 648. The van der Waals surface area contributed by atoms with Crippen molar-refractivity contribution in [2.45, 2.75) is 30.7 Å². The maximum absolute atomic E-state index is 12.0. The zero-order valence-electron chi connectivity index (χ0n) is 11.2. The van der Waals surface area contributed by atoms with E-state index < -0.39 is 21.3 Å². The van der Waals surface area contributed by atoms with Crippen LogP contribution in [0.3, 0.4) is 0 Å². The Kier molecular flexibility index (Phi) is 5.15. The molecule has 1 aromatic carbocycles. The van der Waals surface area contributed by atoms with Gasteiger partial charge in [0.1, 0.15) is 5.54 Å². The quantitative estimate of drug-likeness (QED) is 0.899. The highest BCUT2D eigenvalue weighted by Crippen LogP contribution is 2.17. The molecule has 0 unspecified atom stereocenters. The predicted molar refractivity (Wildman–Crippen MR) is 76.0 cm³/mol. The average molecular weight is 315 g/mol. The van der Waals surface area contributed by atoms with Crippen LogP contribution in [0.15, 0.2) is 29.2 Å². The maximum atomic E-state index is 12.0. The summed E-state index contributed by atoms with van der Waals surface area (Å²) in [4.78, 5) is 11.7. The van der Waals surface area contributed by atoms with Gasteiger partial charge in [0.25, 0.3) is 0 Å². The van der Waals surface area contributed by atoms with E-state index in [4.69, 9.17) is 16.9 Å². The van der Waals surface area contributed by atoms with Gasteiger partial charge >= 0.3 is 0 Å². The molecule has 1 amide bonds. The fraction of sp³-hybridized carbons (Fsp3) is 0.385. The molecule has 1 N–H and O–H groups in total. The second kappa shape index (κ2) is 6.25. The first-order valence-corrected chi connectivity index (χ1v) is 7.90. The molecule has 0 bridgehead atoms. The van der Waals surface area contributed by atoms with Gasteiger partial charge in [-0.05, 0) is 32.0 Å². The molecular weight excluding hydrogens is 300 g/mol. The zero-order valence-corrected chi connectivity index (χ0v) is 12.8. The molecular formula is C13H15ClN2O3S. The summed E-state index contributed by atoms with van der Waals surface area (Å²) in [6.07, 6.45) is -0.208. The highest BCUT2D eigenvalue weighted by molar-refractivity contribution is 7.91. The van der Waals surface area contributed by atoms with Gasteiger partial charge in [-0.15, -0.1) is 0 Å². The van der Waals surface area contributed by atoms with E-state index in [0.717, 1.165) is 0 Å². The van der Waals surface area contributed by atoms with E-state index in [-0.39, 0.29) is 17.1 Å². The minimum absolute atomic E-state index is 0.0809. The summed E-state index contributed by atoms with van der Waals surface area (Å²) in [6.45, 7) is 3.08. The summed E-state index contributed by atoms with van der Waals surface area (Å²) in [5.41, 5.74) is -1.02. The Morgan fingerprint density at radius 1 is 1.45 bits per heavy atom. The third-order valence-electron chi connectivity index (χ3n) is 2.48. The number of carbonyl (C=O) groups excluding carboxylic acids is 1. The highest BCUT2D eigenvalue weighted by atomic mass is 35.5. The summed E-state index contributed by atoms with van der Waals surface area (Å²) >= 11 is 5.74. The molecule has 0 spiro atoms. The number of nitriles is 1. The van der Waals surface area contributed by atoms with Gasteiger partial charge in [0, 0.05) is 11.4 Å². The van der Waals surface area contributed by atoms with E-state index in [1.165, 1.54) is 32.0 Å². The Hall–Kier alpha value is -1.58. The highest BCUT2D eigenvalue weighted by Gasteiger charge is 2.22. The van der Waals surface area contributed by atoms with Crippen LogP contribution in [0.5, 0.6) is 0 Å². The lowest BCUT2D eigenvalue weighted by atomic mass is 10.1. The molecule has 1 rings (SSSR count). The van der Waals surface area contributed by atoms with Gasteiger partial charge < -0.3 is 5.32 Å². The molecule has 0 fully saturated rings. The smallest absolute Gasteiger partial charge is 0.222 e. The van der Waals surface area contributed by atoms with Crippen LogP contribution in [-0.4, -0.2) is 25.6 Å². The van der Waals surface area contributed by atoms with Gasteiger partial charge in [-0.25, -0.2) is 8.42 Å². The Balaban J connectivity index is 2.70. The number of rotatable bonds is 5. The lowest BCUT2D eigenvalue weighted by Gasteiger charge is -2.17. The van der Waals surface area contributed by atoms with Crippen LogP contribution in [0.25, 0.3) is 0 Å². The van der Waals surface area contributed by atoms with Crippen molar-refractivity contribution in [1.29, 1.82) is 5.26 Å². The molecule has 0 aliphatic heterocycles. The summed E-state index contributed by atoms with van der Waals surface area (Å²) in [7, 11) is -3.57. The Labute approximate surface area is 123 Å². The molecule has 0 saturated heterocycles. The van der Waals surface area contributed by atoms with Gasteiger partial charge in [0.15, 0.2) is 9.84 Å². The third-order valence-corrected chi connectivity index (χ3v) is 4.43. The minimum atomic E-state index is -3.57. The molecule has 0 heterocycles. The molecule has 7 heteroatoms. The number of hydrogen-bond acceptors (Lipinski definition) is 4. The van der Waals surface area contributed by atoms with Gasteiger partial charge in [-0.1, -0.05) is 17.7 Å². The van der Waals surface area contributed by atoms with E-state index in [1.807, 2.05) is 6.07 Å². The molecule has 108 valence electrons. The number of hydrogen-bond donors (Lipinski definition) is 1. The number of amides is 1. The maximum Gasteiger partial charge on any atom is 0.222 e. The van der Waals surface area contributed by atoms with Gasteiger partial charge in [0.2, 0.25) is 5.91 Å². The summed E-state index contributed by atoms with van der Waals surface area (Å²) in [5.74, 6) is -0.817. The topological polar surface area (TPSA) is 87.0 Å². The Morgan fingerprint density at radius 3 is 2.65 bits per heavy atom. The second-order valence-electron chi connectivity index (χ2n) is 4.81. The van der Waals surface area contributed by atoms with Crippen molar-refractivity contribution < 1.29 is 13.2 Å². The fourth-order valence-electron chi connectivity index (χ4n) is 1.44. The zero-order chi connectivity index (χ0) is 15.4. The first kappa shape index (κ1) is 16.5. The lowest BCUT2D eigenvalue weighted by Crippen LogP contribution is -2.42. The predicted octanol–water partition coefficient (Wildman–Crippen LogP) is 1.92. The van der Waals surface area contributed by atoms with Crippen LogP contribution in [-0.2, 0) is 14.6 Å². The van der Waals surface area contributed by atoms with Crippen molar-refractivity contribution in [2.75, 3.05) is 5.75 Å². The van der Waals surface area contributed by atoms with Crippen molar-refractivity contribution in [1.82, 2.24) is 5.32 Å². The minimum Gasteiger partial charge on any atom is -0.338 e. The van der Waals surface area contributed by atoms with Crippen LogP contribution >= 0.6 is 11.6 Å². The molecule has 0 aliphatic rings. The van der Waals surface area contributed by atoms with Crippen LogP contribution in [0.1, 0.15) is 20.3 Å². The van der Waals surface area contributed by atoms with Gasteiger partial charge in [-0.3, -0.25) is 4.79 Å². The third kappa shape index (κ3) is 4.83. The average Bonchev–Trinajstić information content (AvgIpc) is 2.36. The van der Waals surface area contributed by atoms with Crippen LogP contribution in [0.2, 0.25) is 5.02 Å². The van der Waals surface area contributed by atoms with Crippen molar-refractivity contribution in [3.8, 4) is 6.07 Å². The molecule has 1 aromatic rings. The van der Waals surface area contributed by atoms with E-state index in [9.17, 15) is 13.2 Å². The van der Waals surface area contributed by atoms with E-state index in [2.05, 4.69) is 5.32 Å². The molecule has 0 aliphatic carbocycles. The molecule has 0 radical (unpaired) electrons. The molecule has 0 atom stereocenters. The number of nitrogens with zero attached hydrogens (tertiary/aromatic N) is 1. The van der Waals surface area contributed by atoms with E-state index in [1.54, 1.807) is 6.07 Å². The molecule has 0 aromatic heterocycles. The van der Waals surface area contributed by atoms with Crippen molar-refractivity contribution >= 4 is 27.3 Å². The standard InChI is InChI=1S/C13H15ClN2O3S/c1-13(2,9-15)16-12(17)6-7-20(18,19)11-5-3-4-10(14)8-11/h3-5,8H,6-7H2,1-2H3,(H,16,17). The SMILES string of the molecule is CC(C)(C#N)NC(=O)CCS(=O)(=O)c1cccc(Cl)c1. The normalized spacial score (nSPS) is 11.7. The fourth-order valence-corrected chi connectivity index (χ4v) is 2.98. The van der Waals surface area contributed by atoms with Crippen molar-refractivity contribution in [2.24, 2.45) is 0 Å². The number of halogens is 1. The number of sulfone groups is 1. The first-order valence-electron chi connectivity index (χ1n) is 5.87. The second-order valence-corrected chi connectivity index (χ2v) is 7.36.